The smallest absolute Gasteiger partial charge is 0.156 e. The number of rotatable bonds is 1. The summed E-state index contributed by atoms with van der Waals surface area (Å²) in [4.78, 5) is 7.78. The lowest BCUT2D eigenvalue weighted by atomic mass is 10.2. The fraction of sp³-hybridized carbons (Fsp3) is 0.0909. The van der Waals surface area contributed by atoms with Crippen LogP contribution in [0, 0.1) is 6.92 Å². The van der Waals surface area contributed by atoms with Gasteiger partial charge in [-0.25, -0.2) is 4.98 Å². The van der Waals surface area contributed by atoms with Crippen LogP contribution < -0.4 is 0 Å². The molecule has 1 aromatic carbocycles. The third kappa shape index (κ3) is 1.22. The molecular weight excluding hydrogens is 188 g/mol. The van der Waals surface area contributed by atoms with Crippen LogP contribution in [0.1, 0.15) is 5.56 Å². The summed E-state index contributed by atoms with van der Waals surface area (Å²) in [6.07, 6.45) is 1.72. The van der Waals surface area contributed by atoms with Gasteiger partial charge in [0.05, 0.1) is 11.0 Å². The first-order valence-electron chi connectivity index (χ1n) is 4.80. The minimum atomic E-state index is 0.830. The molecule has 0 bridgehead atoms. The summed E-state index contributed by atoms with van der Waals surface area (Å²) in [7, 11) is 0. The van der Waals surface area contributed by atoms with Gasteiger partial charge in [-0.05, 0) is 24.6 Å². The number of H-pyrrole nitrogens is 2. The van der Waals surface area contributed by atoms with Crippen LogP contribution in [0.5, 0.6) is 0 Å². The monoisotopic (exact) mass is 198 g/mol. The van der Waals surface area contributed by atoms with Crippen LogP contribution in [0.4, 0.5) is 0 Å². The third-order valence-electron chi connectivity index (χ3n) is 2.47. The van der Waals surface area contributed by atoms with Gasteiger partial charge >= 0.3 is 0 Å². The fourth-order valence-electron chi connectivity index (χ4n) is 1.69. The molecule has 0 aliphatic carbocycles. The SMILES string of the molecule is Cc1cccc2[nH]c(-c3ccn[nH]3)nc12. The molecular formula is C11H10N4. The predicted octanol–water partition coefficient (Wildman–Crippen LogP) is 2.26. The number of aromatic amines is 2. The molecule has 15 heavy (non-hydrogen) atoms. The van der Waals surface area contributed by atoms with Crippen molar-refractivity contribution < 1.29 is 0 Å². The number of fused-ring (bicyclic) bond motifs is 1. The lowest BCUT2D eigenvalue weighted by molar-refractivity contribution is 1.08. The van der Waals surface area contributed by atoms with E-state index in [-0.39, 0.29) is 0 Å². The average molecular weight is 198 g/mol. The van der Waals surface area contributed by atoms with Crippen molar-refractivity contribution >= 4 is 11.0 Å². The highest BCUT2D eigenvalue weighted by atomic mass is 15.1. The molecule has 4 heteroatoms. The molecule has 0 fully saturated rings. The minimum absolute atomic E-state index is 0.830. The van der Waals surface area contributed by atoms with Crippen molar-refractivity contribution in [3.8, 4) is 11.5 Å². The first kappa shape index (κ1) is 8.23. The van der Waals surface area contributed by atoms with Gasteiger partial charge < -0.3 is 4.98 Å². The highest BCUT2D eigenvalue weighted by molar-refractivity contribution is 5.81. The molecule has 0 aliphatic rings. The van der Waals surface area contributed by atoms with Crippen LogP contribution in [-0.4, -0.2) is 20.2 Å². The van der Waals surface area contributed by atoms with Crippen LogP contribution in [0.15, 0.2) is 30.5 Å². The van der Waals surface area contributed by atoms with Gasteiger partial charge in [-0.1, -0.05) is 12.1 Å². The van der Waals surface area contributed by atoms with E-state index < -0.39 is 0 Å². The number of para-hydroxylation sites is 1. The van der Waals surface area contributed by atoms with Crippen molar-refractivity contribution in [2.75, 3.05) is 0 Å². The molecule has 0 atom stereocenters. The Hall–Kier alpha value is -2.10. The number of hydrogen-bond acceptors (Lipinski definition) is 2. The first-order chi connectivity index (χ1) is 7.34. The molecule has 0 aliphatic heterocycles. The number of aryl methyl sites for hydroxylation is 1. The van der Waals surface area contributed by atoms with Crippen molar-refractivity contribution in [2.45, 2.75) is 6.92 Å². The van der Waals surface area contributed by atoms with Crippen LogP contribution in [0.2, 0.25) is 0 Å². The zero-order valence-corrected chi connectivity index (χ0v) is 8.28. The third-order valence-corrected chi connectivity index (χ3v) is 2.47. The van der Waals surface area contributed by atoms with Gasteiger partial charge in [-0.15, -0.1) is 0 Å². The lowest BCUT2D eigenvalue weighted by Crippen LogP contribution is -1.79. The van der Waals surface area contributed by atoms with Crippen molar-refractivity contribution in [1.82, 2.24) is 20.2 Å². The number of aromatic nitrogens is 4. The molecule has 0 radical (unpaired) electrons. The van der Waals surface area contributed by atoms with Gasteiger partial charge in [0.1, 0.15) is 5.69 Å². The van der Waals surface area contributed by atoms with E-state index in [0.717, 1.165) is 22.6 Å². The Morgan fingerprint density at radius 3 is 2.87 bits per heavy atom. The largest absolute Gasteiger partial charge is 0.337 e. The van der Waals surface area contributed by atoms with Crippen molar-refractivity contribution in [3.05, 3.63) is 36.0 Å². The maximum atomic E-state index is 4.53. The summed E-state index contributed by atoms with van der Waals surface area (Å²) >= 11 is 0. The van der Waals surface area contributed by atoms with Crippen molar-refractivity contribution in [1.29, 1.82) is 0 Å². The van der Waals surface area contributed by atoms with Crippen LogP contribution in [0.25, 0.3) is 22.6 Å². The van der Waals surface area contributed by atoms with Crippen molar-refractivity contribution in [3.63, 3.8) is 0 Å². The number of hydrogen-bond donors (Lipinski definition) is 2. The topological polar surface area (TPSA) is 57.4 Å². The molecule has 0 amide bonds. The zero-order chi connectivity index (χ0) is 10.3. The standard InChI is InChI=1S/C11H10N4/c1-7-3-2-4-8-10(7)14-11(13-8)9-5-6-12-15-9/h2-6H,1H3,(H,12,15)(H,13,14). The van der Waals surface area contributed by atoms with Crippen molar-refractivity contribution in [2.24, 2.45) is 0 Å². The highest BCUT2D eigenvalue weighted by Gasteiger charge is 2.06. The second kappa shape index (κ2) is 2.95. The van der Waals surface area contributed by atoms with E-state index in [2.05, 4.69) is 33.2 Å². The van der Waals surface area contributed by atoms with E-state index in [1.165, 1.54) is 5.56 Å². The van der Waals surface area contributed by atoms with Gasteiger partial charge in [0, 0.05) is 6.20 Å². The number of benzene rings is 1. The Morgan fingerprint density at radius 2 is 2.13 bits per heavy atom. The van der Waals surface area contributed by atoms with Gasteiger partial charge in [-0.3, -0.25) is 5.10 Å². The molecule has 3 aromatic rings. The summed E-state index contributed by atoms with van der Waals surface area (Å²) < 4.78 is 0. The van der Waals surface area contributed by atoms with Gasteiger partial charge in [-0.2, -0.15) is 5.10 Å². The Morgan fingerprint density at radius 1 is 1.20 bits per heavy atom. The van der Waals surface area contributed by atoms with E-state index in [9.17, 15) is 0 Å². The zero-order valence-electron chi connectivity index (χ0n) is 8.28. The molecule has 0 saturated heterocycles. The number of nitrogens with zero attached hydrogens (tertiary/aromatic N) is 2. The molecule has 0 spiro atoms. The second-order valence-corrected chi connectivity index (χ2v) is 3.53. The van der Waals surface area contributed by atoms with Crippen LogP contribution in [0.3, 0.4) is 0 Å². The summed E-state index contributed by atoms with van der Waals surface area (Å²) in [5.41, 5.74) is 4.15. The summed E-state index contributed by atoms with van der Waals surface area (Å²) in [5, 5.41) is 6.80. The van der Waals surface area contributed by atoms with Gasteiger partial charge in [0.2, 0.25) is 0 Å². The molecule has 0 saturated carbocycles. The maximum absolute atomic E-state index is 4.53. The van der Waals surface area contributed by atoms with Crippen LogP contribution in [-0.2, 0) is 0 Å². The van der Waals surface area contributed by atoms with Crippen LogP contribution >= 0.6 is 0 Å². The quantitative estimate of drug-likeness (QED) is 0.630. The molecule has 4 nitrogen and oxygen atoms in total. The molecule has 2 heterocycles. The Kier molecular flexibility index (Phi) is 1.62. The number of nitrogens with one attached hydrogen (secondary N) is 2. The normalized spacial score (nSPS) is 11.0. The highest BCUT2D eigenvalue weighted by Crippen LogP contribution is 2.20. The molecule has 2 N–H and O–H groups in total. The molecule has 3 rings (SSSR count). The molecule has 74 valence electrons. The summed E-state index contributed by atoms with van der Waals surface area (Å²) in [6.45, 7) is 2.06. The van der Waals surface area contributed by atoms with E-state index in [1.54, 1.807) is 6.20 Å². The molecule has 2 aromatic heterocycles. The van der Waals surface area contributed by atoms with Gasteiger partial charge in [0.15, 0.2) is 5.82 Å². The van der Waals surface area contributed by atoms with E-state index in [4.69, 9.17) is 0 Å². The first-order valence-corrected chi connectivity index (χ1v) is 4.80. The van der Waals surface area contributed by atoms with E-state index >= 15 is 0 Å². The Bertz CT molecular complexity index is 592. The van der Waals surface area contributed by atoms with E-state index in [1.807, 2.05) is 18.2 Å². The van der Waals surface area contributed by atoms with Gasteiger partial charge in [0.25, 0.3) is 0 Å². The minimum Gasteiger partial charge on any atom is -0.337 e. The lowest BCUT2D eigenvalue weighted by Gasteiger charge is -1.90. The Balaban J connectivity index is 2.27. The summed E-state index contributed by atoms with van der Waals surface area (Å²) in [5.74, 6) is 0.830. The second-order valence-electron chi connectivity index (χ2n) is 3.53. The predicted molar refractivity (Wildman–Crippen MR) is 58.4 cm³/mol. The Labute approximate surface area is 86.4 Å². The van der Waals surface area contributed by atoms with E-state index in [0.29, 0.717) is 0 Å². The average Bonchev–Trinajstić information content (AvgIpc) is 2.86. The fourth-order valence-corrected chi connectivity index (χ4v) is 1.69. The molecule has 0 unspecified atom stereocenters. The maximum Gasteiger partial charge on any atom is 0.156 e. The number of imidazole rings is 1. The summed E-state index contributed by atoms with van der Waals surface area (Å²) in [6, 6.07) is 7.99.